The Morgan fingerprint density at radius 1 is 1.40 bits per heavy atom. The summed E-state index contributed by atoms with van der Waals surface area (Å²) in [5.74, 6) is 0. The van der Waals surface area contributed by atoms with Crippen LogP contribution in [-0.2, 0) is 7.05 Å². The molecule has 0 aliphatic rings. The number of aromatic nitrogens is 3. The van der Waals surface area contributed by atoms with Crippen molar-refractivity contribution < 1.29 is 0 Å². The molecule has 0 saturated heterocycles. The molecule has 0 amide bonds. The summed E-state index contributed by atoms with van der Waals surface area (Å²) in [7, 11) is 1.78. The van der Waals surface area contributed by atoms with Crippen molar-refractivity contribution >= 4 is 33.7 Å². The summed E-state index contributed by atoms with van der Waals surface area (Å²) in [6, 6.07) is 7.89. The molecule has 1 N–H and O–H groups in total. The number of hydrogen-bond acceptors (Lipinski definition) is 3. The van der Waals surface area contributed by atoms with Gasteiger partial charge in [-0.15, -0.1) is 0 Å². The highest BCUT2D eigenvalue weighted by Crippen LogP contribution is 2.26. The fraction of sp³-hybridized carbons (Fsp3) is 0.333. The van der Waals surface area contributed by atoms with Crippen LogP contribution in [0.25, 0.3) is 21.9 Å². The van der Waals surface area contributed by atoms with Crippen LogP contribution in [0.15, 0.2) is 34.2 Å². The van der Waals surface area contributed by atoms with Crippen molar-refractivity contribution in [2.24, 2.45) is 7.05 Å². The fourth-order valence-electron chi connectivity index (χ4n) is 2.19. The fourth-order valence-corrected chi connectivity index (χ4v) is 3.10. The zero-order valence-corrected chi connectivity index (χ0v) is 12.6. The van der Waals surface area contributed by atoms with E-state index in [1.807, 2.05) is 24.3 Å². The first-order valence-corrected chi connectivity index (χ1v) is 7.64. The lowest BCUT2D eigenvalue weighted by molar-refractivity contribution is 0.720. The molecule has 5 heteroatoms. The molecular weight excluding hydrogens is 270 g/mol. The van der Waals surface area contributed by atoms with Crippen LogP contribution in [0.1, 0.15) is 20.3 Å². The van der Waals surface area contributed by atoms with Gasteiger partial charge in [-0.2, -0.15) is 0 Å². The zero-order chi connectivity index (χ0) is 14.3. The first-order valence-electron chi connectivity index (χ1n) is 6.76. The lowest BCUT2D eigenvalue weighted by atomic mass is 10.2. The summed E-state index contributed by atoms with van der Waals surface area (Å²) in [6.07, 6.45) is 1.05. The monoisotopic (exact) mass is 287 g/mol. The summed E-state index contributed by atoms with van der Waals surface area (Å²) in [5, 5.41) is 2.23. The zero-order valence-electron chi connectivity index (χ0n) is 11.8. The Kier molecular flexibility index (Phi) is 3.30. The molecule has 3 rings (SSSR count). The van der Waals surface area contributed by atoms with Crippen molar-refractivity contribution in [3.63, 3.8) is 0 Å². The Labute approximate surface area is 121 Å². The standard InChI is InChI=1S/C15H17N3OS/c1-4-9(2)20-15-17-12-10-7-5-6-8-11(10)16-13(12)14(19)18(15)3/h5-9,16H,4H2,1-3H3/t9-/m0/s1. The van der Waals surface area contributed by atoms with E-state index in [-0.39, 0.29) is 5.56 Å². The van der Waals surface area contributed by atoms with Gasteiger partial charge in [0.05, 0.1) is 0 Å². The van der Waals surface area contributed by atoms with Crippen LogP contribution in [-0.4, -0.2) is 19.8 Å². The van der Waals surface area contributed by atoms with Crippen LogP contribution in [0.4, 0.5) is 0 Å². The minimum Gasteiger partial charge on any atom is -0.349 e. The number of hydrogen-bond donors (Lipinski definition) is 1. The Morgan fingerprint density at radius 3 is 2.90 bits per heavy atom. The van der Waals surface area contributed by atoms with Gasteiger partial charge in [0.1, 0.15) is 11.0 Å². The molecule has 2 heterocycles. The van der Waals surface area contributed by atoms with Gasteiger partial charge in [0.15, 0.2) is 5.16 Å². The van der Waals surface area contributed by atoms with Gasteiger partial charge in [0.2, 0.25) is 0 Å². The van der Waals surface area contributed by atoms with E-state index >= 15 is 0 Å². The number of benzene rings is 1. The largest absolute Gasteiger partial charge is 0.349 e. The topological polar surface area (TPSA) is 50.7 Å². The molecule has 2 aromatic heterocycles. The van der Waals surface area contributed by atoms with Crippen molar-refractivity contribution in [2.75, 3.05) is 0 Å². The first kappa shape index (κ1) is 13.2. The molecule has 20 heavy (non-hydrogen) atoms. The molecule has 1 aromatic carbocycles. The van der Waals surface area contributed by atoms with Crippen molar-refractivity contribution in [3.8, 4) is 0 Å². The van der Waals surface area contributed by atoms with Crippen LogP contribution >= 0.6 is 11.8 Å². The third kappa shape index (κ3) is 2.02. The highest BCUT2D eigenvalue weighted by atomic mass is 32.2. The highest BCUT2D eigenvalue weighted by molar-refractivity contribution is 7.99. The van der Waals surface area contributed by atoms with Gasteiger partial charge in [-0.1, -0.05) is 43.8 Å². The smallest absolute Gasteiger partial charge is 0.278 e. The molecule has 0 unspecified atom stereocenters. The SMILES string of the molecule is CC[C@H](C)Sc1nc2c([nH]c3ccccc32)c(=O)n1C. The first-order chi connectivity index (χ1) is 9.61. The summed E-state index contributed by atoms with van der Waals surface area (Å²) >= 11 is 1.65. The molecule has 4 nitrogen and oxygen atoms in total. The molecule has 0 spiro atoms. The average molecular weight is 287 g/mol. The number of para-hydroxylation sites is 1. The maximum absolute atomic E-state index is 12.5. The van der Waals surface area contributed by atoms with Crippen molar-refractivity contribution in [3.05, 3.63) is 34.6 Å². The maximum atomic E-state index is 12.5. The Morgan fingerprint density at radius 2 is 2.15 bits per heavy atom. The number of rotatable bonds is 3. The molecule has 104 valence electrons. The molecule has 3 aromatic rings. The summed E-state index contributed by atoms with van der Waals surface area (Å²) in [5.41, 5.74) is 2.30. The molecule has 0 radical (unpaired) electrons. The van der Waals surface area contributed by atoms with Crippen LogP contribution in [0.5, 0.6) is 0 Å². The maximum Gasteiger partial charge on any atom is 0.278 e. The van der Waals surface area contributed by atoms with E-state index in [0.29, 0.717) is 10.8 Å². The molecule has 1 atom stereocenters. The predicted molar refractivity (Wildman–Crippen MR) is 84.5 cm³/mol. The Bertz CT molecular complexity index is 834. The van der Waals surface area contributed by atoms with E-state index in [9.17, 15) is 4.79 Å². The number of thioether (sulfide) groups is 1. The third-order valence-corrected chi connectivity index (χ3v) is 4.88. The lowest BCUT2D eigenvalue weighted by Gasteiger charge is -2.10. The quantitative estimate of drug-likeness (QED) is 0.594. The second-order valence-corrected chi connectivity index (χ2v) is 6.40. The number of aromatic amines is 1. The third-order valence-electron chi connectivity index (χ3n) is 3.57. The minimum atomic E-state index is -0.0167. The molecule has 0 fully saturated rings. The van der Waals surface area contributed by atoms with Gasteiger partial charge < -0.3 is 4.98 Å². The van der Waals surface area contributed by atoms with Gasteiger partial charge in [0.25, 0.3) is 5.56 Å². The van der Waals surface area contributed by atoms with Gasteiger partial charge >= 0.3 is 0 Å². The molecule has 0 aliphatic carbocycles. The Balaban J connectivity index is 2.30. The number of H-pyrrole nitrogens is 1. The van der Waals surface area contributed by atoms with E-state index in [1.54, 1.807) is 23.4 Å². The second kappa shape index (κ2) is 4.98. The van der Waals surface area contributed by atoms with Gasteiger partial charge in [-0.3, -0.25) is 9.36 Å². The van der Waals surface area contributed by atoms with Crippen LogP contribution in [0.3, 0.4) is 0 Å². The van der Waals surface area contributed by atoms with Crippen LogP contribution < -0.4 is 5.56 Å². The molecular formula is C15H17N3OS. The number of fused-ring (bicyclic) bond motifs is 3. The van der Waals surface area contributed by atoms with E-state index in [2.05, 4.69) is 18.8 Å². The number of nitrogens with zero attached hydrogens (tertiary/aromatic N) is 2. The lowest BCUT2D eigenvalue weighted by Crippen LogP contribution is -2.20. The molecule has 0 bridgehead atoms. The van der Waals surface area contributed by atoms with E-state index in [0.717, 1.165) is 28.0 Å². The van der Waals surface area contributed by atoms with Crippen molar-refractivity contribution in [2.45, 2.75) is 30.7 Å². The molecule has 0 saturated carbocycles. The average Bonchev–Trinajstić information content (AvgIpc) is 2.83. The second-order valence-electron chi connectivity index (χ2n) is 4.99. The van der Waals surface area contributed by atoms with Gasteiger partial charge in [-0.25, -0.2) is 4.98 Å². The van der Waals surface area contributed by atoms with E-state index in [1.165, 1.54) is 0 Å². The highest BCUT2D eigenvalue weighted by Gasteiger charge is 2.14. The van der Waals surface area contributed by atoms with Crippen LogP contribution in [0, 0.1) is 0 Å². The van der Waals surface area contributed by atoms with E-state index in [4.69, 9.17) is 4.98 Å². The normalized spacial score (nSPS) is 13.2. The Hall–Kier alpha value is -1.75. The summed E-state index contributed by atoms with van der Waals surface area (Å²) < 4.78 is 1.63. The summed E-state index contributed by atoms with van der Waals surface area (Å²) in [6.45, 7) is 4.29. The van der Waals surface area contributed by atoms with Gasteiger partial charge in [0, 0.05) is 23.2 Å². The summed E-state index contributed by atoms with van der Waals surface area (Å²) in [4.78, 5) is 20.3. The van der Waals surface area contributed by atoms with Gasteiger partial charge in [-0.05, 0) is 12.5 Å². The van der Waals surface area contributed by atoms with Crippen molar-refractivity contribution in [1.29, 1.82) is 0 Å². The van der Waals surface area contributed by atoms with E-state index < -0.39 is 0 Å². The minimum absolute atomic E-state index is 0.0167. The van der Waals surface area contributed by atoms with Crippen LogP contribution in [0.2, 0.25) is 0 Å². The van der Waals surface area contributed by atoms with Crippen molar-refractivity contribution in [1.82, 2.24) is 14.5 Å². The predicted octanol–water partition coefficient (Wildman–Crippen LogP) is 3.31. The number of nitrogens with one attached hydrogen (secondary N) is 1. The molecule has 0 aliphatic heterocycles.